The molecule has 4 rings (SSSR count). The third-order valence-electron chi connectivity index (χ3n) is 8.74. The van der Waals surface area contributed by atoms with Gasteiger partial charge in [-0.1, -0.05) is 32.1 Å². The summed E-state index contributed by atoms with van der Waals surface area (Å²) < 4.78 is 18.0. The van der Waals surface area contributed by atoms with Crippen LogP contribution in [0.15, 0.2) is 42.1 Å². The van der Waals surface area contributed by atoms with Crippen LogP contribution in [-0.2, 0) is 19.0 Å². The molecular weight excluding hydrogens is 494 g/mol. The van der Waals surface area contributed by atoms with Crippen molar-refractivity contribution in [1.29, 1.82) is 0 Å². The summed E-state index contributed by atoms with van der Waals surface area (Å²) in [6.07, 6.45) is 2.03. The van der Waals surface area contributed by atoms with Gasteiger partial charge in [-0.25, -0.2) is 9.59 Å². The van der Waals surface area contributed by atoms with E-state index < -0.39 is 77.8 Å². The number of carboxylic acids is 1. The number of aliphatic hydroxyl groups excluding tert-OH is 3. The molecule has 0 radical (unpaired) electrons. The van der Waals surface area contributed by atoms with Crippen LogP contribution in [0.3, 0.4) is 0 Å². The molecular formula is C28H39NO9. The molecule has 38 heavy (non-hydrogen) atoms. The number of aromatic amines is 1. The smallest absolute Gasteiger partial charge is 0.355 e. The van der Waals surface area contributed by atoms with Gasteiger partial charge in [-0.15, -0.1) is 0 Å². The lowest BCUT2D eigenvalue weighted by atomic mass is 9.57. The van der Waals surface area contributed by atoms with E-state index in [9.17, 15) is 30.0 Å². The molecule has 1 saturated carbocycles. The molecule has 210 valence electrons. The quantitative estimate of drug-likeness (QED) is 0.224. The van der Waals surface area contributed by atoms with Gasteiger partial charge in [0.25, 0.3) is 0 Å². The van der Waals surface area contributed by atoms with Gasteiger partial charge in [0, 0.05) is 42.9 Å². The Morgan fingerprint density at radius 3 is 2.55 bits per heavy atom. The Labute approximate surface area is 222 Å². The summed E-state index contributed by atoms with van der Waals surface area (Å²) in [5.74, 6) is -3.79. The van der Waals surface area contributed by atoms with E-state index in [1.807, 2.05) is 32.1 Å². The first-order chi connectivity index (χ1) is 17.9. The number of esters is 1. The van der Waals surface area contributed by atoms with Gasteiger partial charge in [0.1, 0.15) is 23.5 Å². The molecule has 2 fully saturated rings. The summed E-state index contributed by atoms with van der Waals surface area (Å²) in [5.41, 5.74) is -0.136. The Hall–Kier alpha value is -2.50. The Balaban J connectivity index is 1.76. The maximum Gasteiger partial charge on any atom is 0.355 e. The van der Waals surface area contributed by atoms with E-state index in [0.717, 1.165) is 0 Å². The molecule has 0 unspecified atom stereocenters. The fourth-order valence-electron chi connectivity index (χ4n) is 6.74. The van der Waals surface area contributed by atoms with Gasteiger partial charge in [-0.05, 0) is 38.0 Å². The number of carbonyl (C=O) groups excluding carboxylic acids is 1. The van der Waals surface area contributed by atoms with E-state index in [1.165, 1.54) is 14.0 Å². The highest BCUT2D eigenvalue weighted by molar-refractivity contribution is 5.87. The standard InChI is InChI=1S/C28H39NO9/c1-13(22(31)16(4)30)11-14(2)28-17(12-20(36-5)26(33)34)8-9-18-21(28)23(32)15(3)24(25(18)38-28)37-27(35)19-7-6-10-29-19/h6-11,13,15-18,20-25,29-32H,12H2,1-5H3,(H,33,34)/b14-11+/t13-,15-,16-,17-,18-,20+,21+,22+,23-,24-,25-,28+/m1/s1. The van der Waals surface area contributed by atoms with Gasteiger partial charge in [0.05, 0.1) is 18.3 Å². The van der Waals surface area contributed by atoms with Crippen molar-refractivity contribution in [3.05, 3.63) is 47.8 Å². The van der Waals surface area contributed by atoms with E-state index in [2.05, 4.69) is 4.98 Å². The number of carbonyl (C=O) groups is 2. The van der Waals surface area contributed by atoms with Crippen LogP contribution in [0.25, 0.3) is 0 Å². The molecule has 0 amide bonds. The normalized spacial score (nSPS) is 37.4. The molecule has 1 aromatic heterocycles. The van der Waals surface area contributed by atoms with Crippen LogP contribution in [0.5, 0.6) is 0 Å². The average molecular weight is 534 g/mol. The molecule has 1 aliphatic heterocycles. The fourth-order valence-corrected chi connectivity index (χ4v) is 6.74. The number of aliphatic hydroxyl groups is 3. The number of aliphatic carboxylic acids is 1. The zero-order chi connectivity index (χ0) is 27.9. The third-order valence-corrected chi connectivity index (χ3v) is 8.74. The predicted octanol–water partition coefficient (Wildman–Crippen LogP) is 1.92. The van der Waals surface area contributed by atoms with Crippen LogP contribution in [0, 0.1) is 29.6 Å². The highest BCUT2D eigenvalue weighted by Gasteiger charge is 2.68. The monoisotopic (exact) mass is 533 g/mol. The zero-order valence-corrected chi connectivity index (χ0v) is 22.4. The second-order valence-corrected chi connectivity index (χ2v) is 11.0. The number of methoxy groups -OCH3 is 1. The lowest BCUT2D eigenvalue weighted by Gasteiger charge is -2.48. The number of carboxylic acid groups (broad SMARTS) is 1. The number of hydrogen-bond donors (Lipinski definition) is 5. The van der Waals surface area contributed by atoms with Crippen molar-refractivity contribution < 1.29 is 44.2 Å². The van der Waals surface area contributed by atoms with Gasteiger partial charge in [-0.3, -0.25) is 0 Å². The van der Waals surface area contributed by atoms with Gasteiger partial charge >= 0.3 is 11.9 Å². The Morgan fingerprint density at radius 1 is 1.26 bits per heavy atom. The SMILES string of the molecule is CO[C@@H](C[C@H]1C=C[C@H]2[C@H]3O[C@]1(/C(C)=C/[C@@H](C)[C@H](O)[C@@H](C)O)[C@@H]2[C@H](O)[C@@H](C)[C@H]3OC(=O)c1ccc[nH]1)C(=O)O. The number of nitrogens with one attached hydrogen (secondary N) is 1. The lowest BCUT2D eigenvalue weighted by Crippen LogP contribution is -2.57. The number of H-pyrrole nitrogens is 1. The van der Waals surface area contributed by atoms with Crippen LogP contribution in [0.2, 0.25) is 0 Å². The molecule has 1 saturated heterocycles. The molecule has 0 aromatic carbocycles. The topological polar surface area (TPSA) is 159 Å². The lowest BCUT2D eigenvalue weighted by molar-refractivity contribution is -0.151. The minimum Gasteiger partial charge on any atom is -0.479 e. The molecule has 1 aromatic rings. The highest BCUT2D eigenvalue weighted by atomic mass is 16.6. The third kappa shape index (κ3) is 4.73. The molecule has 0 spiro atoms. The average Bonchev–Trinajstić information content (AvgIpc) is 3.47. The first-order valence-electron chi connectivity index (χ1n) is 13.1. The first-order valence-corrected chi connectivity index (χ1v) is 13.1. The van der Waals surface area contributed by atoms with Gasteiger partial charge in [0.2, 0.25) is 0 Å². The summed E-state index contributed by atoms with van der Waals surface area (Å²) in [6.45, 7) is 6.95. The Morgan fingerprint density at radius 2 is 1.97 bits per heavy atom. The minimum atomic E-state index is -1.13. The molecule has 10 nitrogen and oxygen atoms in total. The van der Waals surface area contributed by atoms with Crippen LogP contribution in [-0.4, -0.2) is 86.7 Å². The maximum atomic E-state index is 12.9. The van der Waals surface area contributed by atoms with Crippen molar-refractivity contribution in [2.45, 2.75) is 76.3 Å². The summed E-state index contributed by atoms with van der Waals surface area (Å²) >= 11 is 0. The summed E-state index contributed by atoms with van der Waals surface area (Å²) in [7, 11) is 1.34. The van der Waals surface area contributed by atoms with E-state index in [4.69, 9.17) is 14.2 Å². The van der Waals surface area contributed by atoms with Crippen LogP contribution >= 0.6 is 0 Å². The van der Waals surface area contributed by atoms with Gasteiger partial charge in [-0.2, -0.15) is 0 Å². The van der Waals surface area contributed by atoms with Crippen molar-refractivity contribution in [1.82, 2.24) is 4.98 Å². The molecule has 2 heterocycles. The Kier molecular flexibility index (Phi) is 8.20. The number of aromatic nitrogens is 1. The van der Waals surface area contributed by atoms with Crippen molar-refractivity contribution in [3.8, 4) is 0 Å². The fraction of sp³-hybridized carbons (Fsp3) is 0.643. The molecule has 5 N–H and O–H groups in total. The maximum absolute atomic E-state index is 12.9. The summed E-state index contributed by atoms with van der Waals surface area (Å²) in [4.78, 5) is 27.6. The van der Waals surface area contributed by atoms with Crippen molar-refractivity contribution >= 4 is 11.9 Å². The molecule has 3 aliphatic rings. The van der Waals surface area contributed by atoms with E-state index in [-0.39, 0.29) is 12.3 Å². The van der Waals surface area contributed by atoms with Gasteiger partial charge in [0.15, 0.2) is 6.10 Å². The number of rotatable bonds is 10. The molecule has 2 aliphatic carbocycles. The van der Waals surface area contributed by atoms with E-state index in [0.29, 0.717) is 11.3 Å². The molecule has 12 atom stereocenters. The van der Waals surface area contributed by atoms with Crippen molar-refractivity contribution in [2.24, 2.45) is 29.6 Å². The van der Waals surface area contributed by atoms with Crippen molar-refractivity contribution in [3.63, 3.8) is 0 Å². The zero-order valence-electron chi connectivity index (χ0n) is 22.4. The summed E-state index contributed by atoms with van der Waals surface area (Å²) in [5, 5.41) is 41.8. The molecule has 4 bridgehead atoms. The second kappa shape index (κ2) is 10.9. The number of ether oxygens (including phenoxy) is 3. The predicted molar refractivity (Wildman–Crippen MR) is 136 cm³/mol. The Bertz CT molecular complexity index is 1070. The van der Waals surface area contributed by atoms with Crippen LogP contribution in [0.1, 0.15) is 44.6 Å². The van der Waals surface area contributed by atoms with Crippen LogP contribution < -0.4 is 0 Å². The van der Waals surface area contributed by atoms with E-state index >= 15 is 0 Å². The molecule has 10 heteroatoms. The highest BCUT2D eigenvalue weighted by Crippen LogP contribution is 2.61. The van der Waals surface area contributed by atoms with Crippen LogP contribution in [0.4, 0.5) is 0 Å². The first kappa shape index (κ1) is 28.5. The second-order valence-electron chi connectivity index (χ2n) is 11.0. The number of hydrogen-bond acceptors (Lipinski definition) is 8. The largest absolute Gasteiger partial charge is 0.479 e. The minimum absolute atomic E-state index is 0.0881. The summed E-state index contributed by atoms with van der Waals surface area (Å²) in [6, 6.07) is 3.30. The van der Waals surface area contributed by atoms with Gasteiger partial charge < -0.3 is 39.6 Å². The van der Waals surface area contributed by atoms with Crippen molar-refractivity contribution in [2.75, 3.05) is 7.11 Å². The van der Waals surface area contributed by atoms with E-state index in [1.54, 1.807) is 25.3 Å².